The molecule has 4 rings (SSSR count). The van der Waals surface area contributed by atoms with Gasteiger partial charge in [0.05, 0.1) is 17.0 Å². The lowest BCUT2D eigenvalue weighted by Gasteiger charge is -2.23. The fourth-order valence-corrected chi connectivity index (χ4v) is 6.66. The number of thioether (sulfide) groups is 2. The Hall–Kier alpha value is -2.25. The van der Waals surface area contributed by atoms with Gasteiger partial charge >= 0.3 is 0 Å². The van der Waals surface area contributed by atoms with Crippen LogP contribution in [0.3, 0.4) is 0 Å². The molecule has 0 unspecified atom stereocenters. The van der Waals surface area contributed by atoms with Gasteiger partial charge < -0.3 is 5.32 Å². The van der Waals surface area contributed by atoms with E-state index in [4.69, 9.17) is 4.99 Å². The van der Waals surface area contributed by atoms with Crippen molar-refractivity contribution in [1.29, 1.82) is 0 Å². The van der Waals surface area contributed by atoms with Crippen molar-refractivity contribution in [2.45, 2.75) is 63.8 Å². The van der Waals surface area contributed by atoms with E-state index in [0.717, 1.165) is 33.6 Å². The highest BCUT2D eigenvalue weighted by Crippen LogP contribution is 2.32. The summed E-state index contributed by atoms with van der Waals surface area (Å²) >= 11 is 3.05. The molecule has 1 N–H and O–H groups in total. The molecule has 1 saturated carbocycles. The highest BCUT2D eigenvalue weighted by Gasteiger charge is 2.34. The Balaban J connectivity index is 1.45. The normalized spacial score (nSPS) is 19.8. The second-order valence-electron chi connectivity index (χ2n) is 9.61. The van der Waals surface area contributed by atoms with Gasteiger partial charge in [-0.3, -0.25) is 14.5 Å². The highest BCUT2D eigenvalue weighted by molar-refractivity contribution is 8.14. The zero-order chi connectivity index (χ0) is 24.8. The Morgan fingerprint density at radius 2 is 1.89 bits per heavy atom. The molecule has 0 radical (unpaired) electrons. The Bertz CT molecular complexity index is 1100. The summed E-state index contributed by atoms with van der Waals surface area (Å²) in [6.45, 7) is 6.94. The van der Waals surface area contributed by atoms with Crippen LogP contribution in [0.25, 0.3) is 0 Å². The van der Waals surface area contributed by atoms with Crippen molar-refractivity contribution in [3.05, 3.63) is 59.2 Å². The minimum Gasteiger partial charge on any atom is -0.355 e. The quantitative estimate of drug-likeness (QED) is 0.441. The minimum atomic E-state index is -0.0586. The van der Waals surface area contributed by atoms with Gasteiger partial charge in [0.1, 0.15) is 0 Å². The van der Waals surface area contributed by atoms with E-state index >= 15 is 0 Å². The number of aryl methyl sites for hydroxylation is 2. The molecule has 1 saturated heterocycles. The van der Waals surface area contributed by atoms with Crippen molar-refractivity contribution in [1.82, 2.24) is 10.2 Å². The van der Waals surface area contributed by atoms with Gasteiger partial charge in [0.15, 0.2) is 5.17 Å². The Kier molecular flexibility index (Phi) is 8.95. The van der Waals surface area contributed by atoms with Gasteiger partial charge in [0.2, 0.25) is 5.91 Å². The SMILES string of the molecule is Cc1ccc(N=C2SC[C@@H](C)N2C(=O)c2ccccc2SCC(=O)NCC2CCCCC2)c(C)c1. The Labute approximate surface area is 217 Å². The van der Waals surface area contributed by atoms with E-state index in [9.17, 15) is 9.59 Å². The molecule has 0 spiro atoms. The van der Waals surface area contributed by atoms with E-state index in [1.165, 1.54) is 49.4 Å². The minimum absolute atomic E-state index is 0.0324. The number of carbonyl (C=O) groups excluding carboxylic acids is 2. The standard InChI is InChI=1S/C28H35N3O2S2/c1-19-13-14-24(20(2)15-19)30-28-31(21(3)17-35-28)27(33)23-11-7-8-12-25(23)34-18-26(32)29-16-22-9-5-4-6-10-22/h7-8,11-15,21-22H,4-6,9-10,16-18H2,1-3H3,(H,29,32)/t21-/m1/s1. The topological polar surface area (TPSA) is 61.8 Å². The molecule has 186 valence electrons. The summed E-state index contributed by atoms with van der Waals surface area (Å²) in [4.78, 5) is 33.7. The molecule has 5 nitrogen and oxygen atoms in total. The van der Waals surface area contributed by atoms with Crippen molar-refractivity contribution >= 4 is 46.2 Å². The van der Waals surface area contributed by atoms with Crippen LogP contribution in [0.2, 0.25) is 0 Å². The third-order valence-corrected chi connectivity index (χ3v) is 8.95. The van der Waals surface area contributed by atoms with Crippen molar-refractivity contribution in [3.8, 4) is 0 Å². The molecule has 1 heterocycles. The van der Waals surface area contributed by atoms with E-state index in [0.29, 0.717) is 17.2 Å². The zero-order valence-corrected chi connectivity index (χ0v) is 22.5. The van der Waals surface area contributed by atoms with Gasteiger partial charge in [-0.2, -0.15) is 0 Å². The second kappa shape index (κ2) is 12.1. The number of nitrogens with one attached hydrogen (secondary N) is 1. The van der Waals surface area contributed by atoms with Crippen LogP contribution in [0.1, 0.15) is 60.5 Å². The van der Waals surface area contributed by atoms with Crippen LogP contribution in [0.5, 0.6) is 0 Å². The number of amidine groups is 1. The van der Waals surface area contributed by atoms with Crippen LogP contribution < -0.4 is 5.32 Å². The molecule has 1 aliphatic heterocycles. The van der Waals surface area contributed by atoms with Crippen LogP contribution >= 0.6 is 23.5 Å². The van der Waals surface area contributed by atoms with E-state index < -0.39 is 0 Å². The van der Waals surface area contributed by atoms with E-state index in [2.05, 4.69) is 25.2 Å². The molecule has 0 aromatic heterocycles. The number of rotatable bonds is 7. The first-order chi connectivity index (χ1) is 16.9. The van der Waals surface area contributed by atoms with Gasteiger partial charge in [0, 0.05) is 23.2 Å². The van der Waals surface area contributed by atoms with E-state index in [-0.39, 0.29) is 17.9 Å². The summed E-state index contributed by atoms with van der Waals surface area (Å²) in [5.74, 6) is 1.71. The first-order valence-electron chi connectivity index (χ1n) is 12.5. The third-order valence-electron chi connectivity index (χ3n) is 6.68. The van der Waals surface area contributed by atoms with Gasteiger partial charge in [-0.1, -0.05) is 60.9 Å². The highest BCUT2D eigenvalue weighted by atomic mass is 32.2. The maximum atomic E-state index is 13.7. The molecule has 1 atom stereocenters. The number of carbonyl (C=O) groups is 2. The van der Waals surface area contributed by atoms with Crippen LogP contribution in [-0.4, -0.2) is 46.0 Å². The van der Waals surface area contributed by atoms with Gasteiger partial charge in [-0.25, -0.2) is 4.99 Å². The summed E-state index contributed by atoms with van der Waals surface area (Å²) in [5.41, 5.74) is 3.81. The van der Waals surface area contributed by atoms with Crippen molar-refractivity contribution in [2.24, 2.45) is 10.9 Å². The Morgan fingerprint density at radius 3 is 2.66 bits per heavy atom. The third kappa shape index (κ3) is 6.70. The van der Waals surface area contributed by atoms with E-state index in [1.54, 1.807) is 11.8 Å². The van der Waals surface area contributed by atoms with Gasteiger partial charge in [-0.15, -0.1) is 11.8 Å². The predicted molar refractivity (Wildman–Crippen MR) is 148 cm³/mol. The lowest BCUT2D eigenvalue weighted by molar-refractivity contribution is -0.118. The van der Waals surface area contributed by atoms with Crippen LogP contribution in [0.4, 0.5) is 5.69 Å². The summed E-state index contributed by atoms with van der Waals surface area (Å²) in [7, 11) is 0. The molecular weight excluding hydrogens is 474 g/mol. The number of aliphatic imine (C=N–C) groups is 1. The maximum absolute atomic E-state index is 13.7. The summed E-state index contributed by atoms with van der Waals surface area (Å²) in [6.07, 6.45) is 6.28. The Morgan fingerprint density at radius 1 is 1.11 bits per heavy atom. The molecule has 2 aromatic carbocycles. The summed E-state index contributed by atoms with van der Waals surface area (Å²) in [5, 5.41) is 3.84. The zero-order valence-electron chi connectivity index (χ0n) is 20.9. The molecule has 2 fully saturated rings. The average molecular weight is 510 g/mol. The van der Waals surface area contributed by atoms with Crippen LogP contribution in [-0.2, 0) is 4.79 Å². The monoisotopic (exact) mass is 509 g/mol. The first-order valence-corrected chi connectivity index (χ1v) is 14.5. The molecule has 7 heteroatoms. The molecule has 0 bridgehead atoms. The van der Waals surface area contributed by atoms with Crippen molar-refractivity contribution in [2.75, 3.05) is 18.1 Å². The van der Waals surface area contributed by atoms with Gasteiger partial charge in [0.25, 0.3) is 5.91 Å². The van der Waals surface area contributed by atoms with Crippen LogP contribution in [0.15, 0.2) is 52.4 Å². The van der Waals surface area contributed by atoms with Crippen molar-refractivity contribution < 1.29 is 9.59 Å². The largest absolute Gasteiger partial charge is 0.355 e. The number of benzene rings is 2. The summed E-state index contributed by atoms with van der Waals surface area (Å²) < 4.78 is 0. The number of hydrogen-bond acceptors (Lipinski definition) is 5. The number of amides is 2. The lowest BCUT2D eigenvalue weighted by atomic mass is 9.89. The van der Waals surface area contributed by atoms with Crippen molar-refractivity contribution in [3.63, 3.8) is 0 Å². The van der Waals surface area contributed by atoms with E-state index in [1.807, 2.05) is 48.2 Å². The fourth-order valence-electron chi connectivity index (χ4n) is 4.68. The average Bonchev–Trinajstić information content (AvgIpc) is 3.23. The molecule has 2 amide bonds. The second-order valence-corrected chi connectivity index (χ2v) is 11.6. The smallest absolute Gasteiger partial charge is 0.261 e. The molecule has 1 aliphatic carbocycles. The van der Waals surface area contributed by atoms with Crippen LogP contribution in [0, 0.1) is 19.8 Å². The predicted octanol–water partition coefficient (Wildman–Crippen LogP) is 6.36. The lowest BCUT2D eigenvalue weighted by Crippen LogP contribution is -2.38. The first kappa shape index (κ1) is 25.8. The molecule has 35 heavy (non-hydrogen) atoms. The molecule has 2 aliphatic rings. The maximum Gasteiger partial charge on any atom is 0.261 e. The number of hydrogen-bond donors (Lipinski definition) is 1. The van der Waals surface area contributed by atoms with Gasteiger partial charge in [-0.05, 0) is 63.3 Å². The number of nitrogens with zero attached hydrogens (tertiary/aromatic N) is 2. The fraction of sp³-hybridized carbons (Fsp3) is 0.464. The molecule has 2 aromatic rings. The summed E-state index contributed by atoms with van der Waals surface area (Å²) in [6, 6.07) is 13.8. The molecular formula is C28H35N3O2S2.